The van der Waals surface area contributed by atoms with Gasteiger partial charge in [0.15, 0.2) is 11.5 Å². The van der Waals surface area contributed by atoms with E-state index >= 15 is 0 Å². The molecule has 0 aliphatic rings. The van der Waals surface area contributed by atoms with Crippen LogP contribution in [-0.4, -0.2) is 43.4 Å². The molecule has 1 heterocycles. The van der Waals surface area contributed by atoms with Crippen LogP contribution < -0.4 is 20.2 Å². The maximum absolute atomic E-state index is 12.1. The molecule has 0 bridgehead atoms. The molecule has 0 saturated heterocycles. The van der Waals surface area contributed by atoms with Crippen LogP contribution in [0.25, 0.3) is 5.69 Å². The van der Waals surface area contributed by atoms with Crippen molar-refractivity contribution in [1.82, 2.24) is 15.3 Å². The van der Waals surface area contributed by atoms with E-state index in [0.717, 1.165) is 28.2 Å². The minimum atomic E-state index is -0.861. The van der Waals surface area contributed by atoms with Crippen molar-refractivity contribution < 1.29 is 19.1 Å². The summed E-state index contributed by atoms with van der Waals surface area (Å²) in [5.74, 6) is -0.423. The van der Waals surface area contributed by atoms with E-state index < -0.39 is 11.8 Å². The number of aromatic nitrogens is 1. The summed E-state index contributed by atoms with van der Waals surface area (Å²) in [5, 5.41) is 7.63. The summed E-state index contributed by atoms with van der Waals surface area (Å²) >= 11 is 12.5. The highest BCUT2D eigenvalue weighted by Gasteiger charge is 2.14. The predicted molar refractivity (Wildman–Crippen MR) is 137 cm³/mol. The van der Waals surface area contributed by atoms with Crippen LogP contribution in [0.5, 0.6) is 11.5 Å². The van der Waals surface area contributed by atoms with Gasteiger partial charge in [0.05, 0.1) is 31.1 Å². The Morgan fingerprint density at radius 3 is 2.46 bits per heavy atom. The number of nitrogens with one attached hydrogen (secondary N) is 2. The van der Waals surface area contributed by atoms with Crippen LogP contribution in [-0.2, 0) is 16.0 Å². The third kappa shape index (κ3) is 6.35. The van der Waals surface area contributed by atoms with Gasteiger partial charge in [0, 0.05) is 28.5 Å². The van der Waals surface area contributed by atoms with E-state index in [1.165, 1.54) is 6.21 Å². The van der Waals surface area contributed by atoms with Gasteiger partial charge in [-0.25, -0.2) is 5.43 Å². The fourth-order valence-corrected chi connectivity index (χ4v) is 3.96. The van der Waals surface area contributed by atoms with E-state index in [4.69, 9.17) is 32.7 Å². The average molecular weight is 517 g/mol. The molecule has 184 valence electrons. The van der Waals surface area contributed by atoms with Crippen LogP contribution in [0.4, 0.5) is 0 Å². The first-order valence-electron chi connectivity index (χ1n) is 10.7. The molecule has 0 aliphatic carbocycles. The topological polar surface area (TPSA) is 94.0 Å². The highest BCUT2D eigenvalue weighted by atomic mass is 35.5. The Balaban J connectivity index is 1.57. The van der Waals surface area contributed by atoms with Gasteiger partial charge in [0.2, 0.25) is 0 Å². The standard InChI is InChI=1S/C25H26Cl2N4O4/c1-15-11-18(16(2)31(15)21-13-19(26)6-7-20(21)27)14-29-30-25(33)24(32)28-10-9-17-5-8-22(34-3)23(12-17)35-4/h5-8,11-14H,9-10H2,1-4H3,(H,28,32)(H,30,33)/b29-14-. The lowest BCUT2D eigenvalue weighted by atomic mass is 10.1. The Morgan fingerprint density at radius 1 is 1.00 bits per heavy atom. The van der Waals surface area contributed by atoms with Crippen molar-refractivity contribution in [3.8, 4) is 17.2 Å². The molecule has 0 atom stereocenters. The lowest BCUT2D eigenvalue weighted by Crippen LogP contribution is -2.38. The normalized spacial score (nSPS) is 10.9. The zero-order valence-electron chi connectivity index (χ0n) is 19.8. The Hall–Kier alpha value is -3.49. The largest absolute Gasteiger partial charge is 0.493 e. The van der Waals surface area contributed by atoms with E-state index in [9.17, 15) is 9.59 Å². The van der Waals surface area contributed by atoms with Gasteiger partial charge in [-0.2, -0.15) is 5.10 Å². The van der Waals surface area contributed by atoms with Crippen LogP contribution in [0.15, 0.2) is 47.6 Å². The third-order valence-electron chi connectivity index (χ3n) is 5.34. The zero-order chi connectivity index (χ0) is 25.5. The van der Waals surface area contributed by atoms with Gasteiger partial charge in [0.25, 0.3) is 0 Å². The van der Waals surface area contributed by atoms with Gasteiger partial charge in [0.1, 0.15) is 0 Å². The first-order valence-corrected chi connectivity index (χ1v) is 11.5. The van der Waals surface area contributed by atoms with Crippen LogP contribution in [0.3, 0.4) is 0 Å². The summed E-state index contributed by atoms with van der Waals surface area (Å²) in [7, 11) is 3.12. The SMILES string of the molecule is COc1ccc(CCNC(=O)C(=O)N/N=C\c2cc(C)n(-c3cc(Cl)ccc3Cl)c2C)cc1OC. The number of hydrogen-bond acceptors (Lipinski definition) is 5. The van der Waals surface area contributed by atoms with Crippen molar-refractivity contribution in [3.63, 3.8) is 0 Å². The molecule has 10 heteroatoms. The second-order valence-corrected chi connectivity index (χ2v) is 8.50. The number of methoxy groups -OCH3 is 2. The van der Waals surface area contributed by atoms with Gasteiger partial charge in [-0.1, -0.05) is 29.3 Å². The van der Waals surface area contributed by atoms with Gasteiger partial charge >= 0.3 is 11.8 Å². The number of halogens is 2. The number of amides is 2. The van der Waals surface area contributed by atoms with Crippen LogP contribution in [0.2, 0.25) is 10.0 Å². The van der Waals surface area contributed by atoms with Crippen molar-refractivity contribution >= 4 is 41.2 Å². The maximum Gasteiger partial charge on any atom is 0.329 e. The molecule has 0 radical (unpaired) electrons. The maximum atomic E-state index is 12.1. The van der Waals surface area contributed by atoms with Crippen LogP contribution >= 0.6 is 23.2 Å². The average Bonchev–Trinajstić information content (AvgIpc) is 3.12. The second-order valence-electron chi connectivity index (χ2n) is 7.65. The molecule has 3 aromatic rings. The molecule has 0 saturated carbocycles. The molecule has 1 aromatic heterocycles. The first-order chi connectivity index (χ1) is 16.7. The molecule has 3 rings (SSSR count). The van der Waals surface area contributed by atoms with Gasteiger partial charge in [-0.05, 0) is 62.2 Å². The molecular weight excluding hydrogens is 491 g/mol. The van der Waals surface area contributed by atoms with E-state index in [-0.39, 0.29) is 6.54 Å². The van der Waals surface area contributed by atoms with E-state index in [2.05, 4.69) is 15.8 Å². The van der Waals surface area contributed by atoms with Crippen molar-refractivity contribution in [2.75, 3.05) is 20.8 Å². The highest BCUT2D eigenvalue weighted by Crippen LogP contribution is 2.29. The summed E-state index contributed by atoms with van der Waals surface area (Å²) in [6, 6.07) is 12.6. The minimum absolute atomic E-state index is 0.271. The van der Waals surface area contributed by atoms with Gasteiger partial charge in [-0.3, -0.25) is 9.59 Å². The minimum Gasteiger partial charge on any atom is -0.493 e. The smallest absolute Gasteiger partial charge is 0.329 e. The number of carbonyl (C=O) groups is 2. The van der Waals surface area contributed by atoms with Gasteiger partial charge in [-0.15, -0.1) is 0 Å². The number of carbonyl (C=O) groups excluding carboxylic acids is 2. The van der Waals surface area contributed by atoms with Crippen LogP contribution in [0.1, 0.15) is 22.5 Å². The quantitative estimate of drug-likeness (QED) is 0.266. The molecule has 0 aliphatic heterocycles. The fourth-order valence-electron chi connectivity index (χ4n) is 3.59. The van der Waals surface area contributed by atoms with E-state index in [1.54, 1.807) is 38.5 Å². The molecule has 2 aromatic carbocycles. The fraction of sp³-hybridized carbons (Fsp3) is 0.240. The van der Waals surface area contributed by atoms with E-state index in [1.807, 2.05) is 36.6 Å². The lowest BCUT2D eigenvalue weighted by molar-refractivity contribution is -0.139. The molecule has 8 nitrogen and oxygen atoms in total. The molecule has 0 fully saturated rings. The van der Waals surface area contributed by atoms with Crippen molar-refractivity contribution in [2.45, 2.75) is 20.3 Å². The highest BCUT2D eigenvalue weighted by molar-refractivity contribution is 6.35. The number of nitrogens with zero attached hydrogens (tertiary/aromatic N) is 2. The summed E-state index contributed by atoms with van der Waals surface area (Å²) in [6.07, 6.45) is 1.99. The Labute approximate surface area is 213 Å². The molecule has 0 spiro atoms. The Bertz CT molecular complexity index is 1270. The molecule has 2 N–H and O–H groups in total. The van der Waals surface area contributed by atoms with Crippen molar-refractivity contribution in [1.29, 1.82) is 0 Å². The number of rotatable bonds is 8. The molecule has 35 heavy (non-hydrogen) atoms. The van der Waals surface area contributed by atoms with E-state index in [0.29, 0.717) is 28.0 Å². The predicted octanol–water partition coefficient (Wildman–Crippen LogP) is 4.23. The third-order valence-corrected chi connectivity index (χ3v) is 5.90. The number of hydrazone groups is 1. The first kappa shape index (κ1) is 26.1. The summed E-state index contributed by atoms with van der Waals surface area (Å²) in [4.78, 5) is 24.2. The monoisotopic (exact) mass is 516 g/mol. The summed E-state index contributed by atoms with van der Waals surface area (Å²) in [5.41, 5.74) is 6.44. The molecule has 0 unspecified atom stereocenters. The van der Waals surface area contributed by atoms with Crippen molar-refractivity contribution in [2.24, 2.45) is 5.10 Å². The Morgan fingerprint density at radius 2 is 1.74 bits per heavy atom. The number of aryl methyl sites for hydroxylation is 1. The summed E-state index contributed by atoms with van der Waals surface area (Å²) in [6.45, 7) is 4.09. The lowest BCUT2D eigenvalue weighted by Gasteiger charge is -2.12. The number of benzene rings is 2. The number of hydrogen-bond donors (Lipinski definition) is 2. The summed E-state index contributed by atoms with van der Waals surface area (Å²) < 4.78 is 12.4. The zero-order valence-corrected chi connectivity index (χ0v) is 21.3. The van der Waals surface area contributed by atoms with Gasteiger partial charge < -0.3 is 19.4 Å². The molecule has 2 amide bonds. The molecular formula is C25H26Cl2N4O4. The number of ether oxygens (including phenoxy) is 2. The van der Waals surface area contributed by atoms with Crippen LogP contribution in [0, 0.1) is 13.8 Å². The second kappa shape index (κ2) is 11.8. The Kier molecular flexibility index (Phi) is 8.78. The van der Waals surface area contributed by atoms with Crippen molar-refractivity contribution in [3.05, 3.63) is 75.0 Å².